The molecule has 148 valence electrons. The van der Waals surface area contributed by atoms with Crippen molar-refractivity contribution in [1.82, 2.24) is 15.2 Å². The van der Waals surface area contributed by atoms with Crippen molar-refractivity contribution < 1.29 is 14.3 Å². The van der Waals surface area contributed by atoms with Crippen molar-refractivity contribution in [3.05, 3.63) is 59.9 Å². The summed E-state index contributed by atoms with van der Waals surface area (Å²) in [4.78, 5) is 30.5. The molecule has 0 atom stereocenters. The van der Waals surface area contributed by atoms with E-state index in [1.54, 1.807) is 23.2 Å². The molecule has 2 aromatic rings. The number of benzene rings is 1. The highest BCUT2D eigenvalue weighted by Crippen LogP contribution is 2.17. The van der Waals surface area contributed by atoms with Gasteiger partial charge in [0.25, 0.3) is 5.91 Å². The maximum absolute atomic E-state index is 12.4. The van der Waals surface area contributed by atoms with Crippen molar-refractivity contribution >= 4 is 11.8 Å². The van der Waals surface area contributed by atoms with Crippen molar-refractivity contribution in [2.75, 3.05) is 19.7 Å². The molecule has 1 fully saturated rings. The monoisotopic (exact) mass is 381 g/mol. The number of carbonyl (C=O) groups excluding carboxylic acids is 2. The van der Waals surface area contributed by atoms with Gasteiger partial charge in [0.15, 0.2) is 0 Å². The number of para-hydroxylation sites is 1. The molecule has 0 bridgehead atoms. The third kappa shape index (κ3) is 5.55. The molecule has 0 unspecified atom stereocenters. The zero-order chi connectivity index (χ0) is 19.8. The fourth-order valence-corrected chi connectivity index (χ4v) is 3.31. The van der Waals surface area contributed by atoms with E-state index in [1.165, 1.54) is 0 Å². The number of amides is 2. The molecule has 1 saturated heterocycles. The van der Waals surface area contributed by atoms with Crippen LogP contribution in [0, 0.1) is 6.92 Å². The SMILES string of the molecule is Cc1ccccc1OCCCC(=O)NC1CCN(C(=O)c2ccccn2)CC1. The molecular formula is C22H27N3O3. The Labute approximate surface area is 165 Å². The summed E-state index contributed by atoms with van der Waals surface area (Å²) < 4.78 is 5.73. The molecule has 3 rings (SSSR count). The second-order valence-corrected chi connectivity index (χ2v) is 7.07. The number of piperidine rings is 1. The Morgan fingerprint density at radius 3 is 2.61 bits per heavy atom. The van der Waals surface area contributed by atoms with Crippen LogP contribution in [0.4, 0.5) is 0 Å². The van der Waals surface area contributed by atoms with Crippen LogP contribution in [0.25, 0.3) is 0 Å². The number of nitrogens with zero attached hydrogens (tertiary/aromatic N) is 2. The second kappa shape index (κ2) is 9.88. The van der Waals surface area contributed by atoms with E-state index in [0.717, 1.165) is 24.2 Å². The van der Waals surface area contributed by atoms with Gasteiger partial charge in [-0.1, -0.05) is 24.3 Å². The average molecular weight is 381 g/mol. The molecule has 28 heavy (non-hydrogen) atoms. The van der Waals surface area contributed by atoms with E-state index < -0.39 is 0 Å². The highest BCUT2D eigenvalue weighted by molar-refractivity contribution is 5.92. The van der Waals surface area contributed by atoms with E-state index in [2.05, 4.69) is 10.3 Å². The number of hydrogen-bond acceptors (Lipinski definition) is 4. The molecule has 1 aromatic heterocycles. The van der Waals surface area contributed by atoms with Crippen LogP contribution in [-0.2, 0) is 4.79 Å². The molecule has 1 N–H and O–H groups in total. The Morgan fingerprint density at radius 2 is 1.89 bits per heavy atom. The Kier molecular flexibility index (Phi) is 7.00. The summed E-state index contributed by atoms with van der Waals surface area (Å²) >= 11 is 0. The normalized spacial score (nSPS) is 14.5. The van der Waals surface area contributed by atoms with Gasteiger partial charge in [-0.25, -0.2) is 0 Å². The minimum Gasteiger partial charge on any atom is -0.493 e. The van der Waals surface area contributed by atoms with Gasteiger partial charge in [-0.15, -0.1) is 0 Å². The summed E-state index contributed by atoms with van der Waals surface area (Å²) in [6.45, 7) is 3.80. The Hall–Kier alpha value is -2.89. The van der Waals surface area contributed by atoms with Gasteiger partial charge in [-0.3, -0.25) is 14.6 Å². The van der Waals surface area contributed by atoms with Gasteiger partial charge in [-0.05, 0) is 49.9 Å². The summed E-state index contributed by atoms with van der Waals surface area (Å²) in [6.07, 6.45) is 4.28. The van der Waals surface area contributed by atoms with E-state index in [9.17, 15) is 9.59 Å². The third-order valence-corrected chi connectivity index (χ3v) is 4.93. The first-order valence-corrected chi connectivity index (χ1v) is 9.81. The molecule has 2 heterocycles. The van der Waals surface area contributed by atoms with Gasteiger partial charge in [0.2, 0.25) is 5.91 Å². The average Bonchev–Trinajstić information content (AvgIpc) is 2.73. The van der Waals surface area contributed by atoms with Gasteiger partial charge in [0.05, 0.1) is 6.61 Å². The molecule has 2 amide bonds. The minimum atomic E-state index is -0.0428. The first-order chi connectivity index (χ1) is 13.6. The third-order valence-electron chi connectivity index (χ3n) is 4.93. The van der Waals surface area contributed by atoms with Crippen LogP contribution in [0.3, 0.4) is 0 Å². The number of likely N-dealkylation sites (tertiary alicyclic amines) is 1. The predicted molar refractivity (Wildman–Crippen MR) is 107 cm³/mol. The van der Waals surface area contributed by atoms with Crippen LogP contribution >= 0.6 is 0 Å². The molecule has 1 aromatic carbocycles. The van der Waals surface area contributed by atoms with Crippen molar-refractivity contribution in [3.63, 3.8) is 0 Å². The largest absolute Gasteiger partial charge is 0.493 e. The number of ether oxygens (including phenoxy) is 1. The van der Waals surface area contributed by atoms with E-state index >= 15 is 0 Å². The maximum atomic E-state index is 12.4. The number of hydrogen-bond donors (Lipinski definition) is 1. The number of nitrogens with one attached hydrogen (secondary N) is 1. The quantitative estimate of drug-likeness (QED) is 0.749. The lowest BCUT2D eigenvalue weighted by molar-refractivity contribution is -0.122. The van der Waals surface area contributed by atoms with E-state index in [4.69, 9.17) is 4.74 Å². The lowest BCUT2D eigenvalue weighted by Crippen LogP contribution is -2.46. The minimum absolute atomic E-state index is 0.0428. The molecule has 6 nitrogen and oxygen atoms in total. The van der Waals surface area contributed by atoms with Crippen molar-refractivity contribution in [2.24, 2.45) is 0 Å². The zero-order valence-electron chi connectivity index (χ0n) is 16.3. The van der Waals surface area contributed by atoms with E-state index in [1.807, 2.05) is 37.3 Å². The van der Waals surface area contributed by atoms with Gasteiger partial charge >= 0.3 is 0 Å². The van der Waals surface area contributed by atoms with E-state index in [-0.39, 0.29) is 17.9 Å². The predicted octanol–water partition coefficient (Wildman–Crippen LogP) is 2.97. The lowest BCUT2D eigenvalue weighted by Gasteiger charge is -2.32. The molecule has 0 aliphatic carbocycles. The zero-order valence-corrected chi connectivity index (χ0v) is 16.3. The Morgan fingerprint density at radius 1 is 1.14 bits per heavy atom. The van der Waals surface area contributed by atoms with Crippen LogP contribution in [0.15, 0.2) is 48.7 Å². The topological polar surface area (TPSA) is 71.5 Å². The molecule has 0 spiro atoms. The molecule has 1 aliphatic heterocycles. The number of carbonyl (C=O) groups is 2. The number of rotatable bonds is 7. The van der Waals surface area contributed by atoms with Crippen LogP contribution < -0.4 is 10.1 Å². The summed E-state index contributed by atoms with van der Waals surface area (Å²) in [6, 6.07) is 13.3. The highest BCUT2D eigenvalue weighted by atomic mass is 16.5. The smallest absolute Gasteiger partial charge is 0.272 e. The molecule has 0 radical (unpaired) electrons. The summed E-state index contributed by atoms with van der Waals surface area (Å²) in [5, 5.41) is 3.08. The Balaban J connectivity index is 1.34. The van der Waals surface area contributed by atoms with Gasteiger partial charge in [0.1, 0.15) is 11.4 Å². The van der Waals surface area contributed by atoms with Gasteiger partial charge in [-0.2, -0.15) is 0 Å². The number of pyridine rings is 1. The summed E-state index contributed by atoms with van der Waals surface area (Å²) in [5.74, 6) is 0.870. The van der Waals surface area contributed by atoms with Crippen molar-refractivity contribution in [2.45, 2.75) is 38.6 Å². The van der Waals surface area contributed by atoms with E-state index in [0.29, 0.717) is 38.2 Å². The molecule has 6 heteroatoms. The van der Waals surface area contributed by atoms with Crippen LogP contribution in [0.1, 0.15) is 41.7 Å². The second-order valence-electron chi connectivity index (χ2n) is 7.07. The van der Waals surface area contributed by atoms with Gasteiger partial charge in [0, 0.05) is 31.7 Å². The fraction of sp³-hybridized carbons (Fsp3) is 0.409. The molecular weight excluding hydrogens is 354 g/mol. The van der Waals surface area contributed by atoms with Gasteiger partial charge < -0.3 is 15.0 Å². The first-order valence-electron chi connectivity index (χ1n) is 9.81. The maximum Gasteiger partial charge on any atom is 0.272 e. The number of aromatic nitrogens is 1. The highest BCUT2D eigenvalue weighted by Gasteiger charge is 2.24. The lowest BCUT2D eigenvalue weighted by atomic mass is 10.0. The summed E-state index contributed by atoms with van der Waals surface area (Å²) in [5.41, 5.74) is 1.57. The fourth-order valence-electron chi connectivity index (χ4n) is 3.31. The van der Waals surface area contributed by atoms with Crippen molar-refractivity contribution in [1.29, 1.82) is 0 Å². The Bertz CT molecular complexity index is 787. The van der Waals surface area contributed by atoms with Crippen LogP contribution in [-0.4, -0.2) is 47.4 Å². The van der Waals surface area contributed by atoms with Crippen LogP contribution in [0.5, 0.6) is 5.75 Å². The summed E-state index contributed by atoms with van der Waals surface area (Å²) in [7, 11) is 0. The standard InChI is InChI=1S/C22H27N3O3/c1-17-7-2-3-9-20(17)28-16-6-10-21(26)24-18-11-14-25(15-12-18)22(27)19-8-4-5-13-23-19/h2-5,7-9,13,18H,6,10-12,14-16H2,1H3,(H,24,26). The molecule has 1 aliphatic rings. The van der Waals surface area contributed by atoms with Crippen molar-refractivity contribution in [3.8, 4) is 5.75 Å². The molecule has 0 saturated carbocycles. The number of aryl methyl sites for hydroxylation is 1. The first kappa shape index (κ1) is 19.9. The van der Waals surface area contributed by atoms with Crippen LogP contribution in [0.2, 0.25) is 0 Å².